The molecule has 0 heterocycles. The molecule has 0 aliphatic heterocycles. The van der Waals surface area contributed by atoms with Crippen LogP contribution in [0.5, 0.6) is 0 Å². The van der Waals surface area contributed by atoms with Crippen LogP contribution in [-0.2, 0) is 0 Å². The van der Waals surface area contributed by atoms with Gasteiger partial charge in [-0.2, -0.15) is 0 Å². The van der Waals surface area contributed by atoms with Crippen LogP contribution in [0.2, 0.25) is 0 Å². The third-order valence-corrected chi connectivity index (χ3v) is 8.70. The molecule has 1 nitrogen and oxygen atoms in total. The van der Waals surface area contributed by atoms with Crippen molar-refractivity contribution in [3.05, 3.63) is 11.6 Å². The maximum Gasteiger partial charge on any atom is 0.104 e. The zero-order valence-electron chi connectivity index (χ0n) is 15.0. The molecule has 1 N–H and O–H groups in total. The molecule has 0 aromatic rings. The average Bonchev–Trinajstić information content (AvgIpc) is 2.85. The Kier molecular flexibility index (Phi) is 3.72. The average molecular weight is 320 g/mol. The number of halogens is 1. The smallest absolute Gasteiger partial charge is 0.104 e. The fourth-order valence-corrected chi connectivity index (χ4v) is 7.45. The van der Waals surface area contributed by atoms with Crippen LogP contribution < -0.4 is 0 Å². The third kappa shape index (κ3) is 2.19. The molecule has 0 amide bonds. The number of fused-ring (bicyclic) bond motifs is 5. The molecule has 4 aliphatic rings. The summed E-state index contributed by atoms with van der Waals surface area (Å²) in [5.41, 5.74) is 2.02. The van der Waals surface area contributed by atoms with Crippen molar-refractivity contribution in [1.82, 2.24) is 0 Å². The molecule has 8 unspecified atom stereocenters. The number of hydrogen-bond donors (Lipinski definition) is 1. The summed E-state index contributed by atoms with van der Waals surface area (Å²) < 4.78 is 13.9. The molecule has 4 aliphatic carbocycles. The second-order valence-corrected chi connectivity index (χ2v) is 9.57. The minimum atomic E-state index is -0.606. The summed E-state index contributed by atoms with van der Waals surface area (Å²) in [5.74, 6) is 2.76. The minimum absolute atomic E-state index is 0.172. The standard InChI is InChI=1S/C21H33FO/c1-13(23)17-6-7-18-16-5-4-14-12-15(22)8-10-20(14,2)19(16)9-11-21(17,18)3/h4,13,15-19,23H,5-12H2,1-3H3. The maximum absolute atomic E-state index is 13.9. The van der Waals surface area contributed by atoms with E-state index in [2.05, 4.69) is 19.9 Å². The molecule has 0 spiro atoms. The van der Waals surface area contributed by atoms with Crippen molar-refractivity contribution in [3.63, 3.8) is 0 Å². The van der Waals surface area contributed by atoms with Crippen LogP contribution in [-0.4, -0.2) is 17.4 Å². The molecule has 0 saturated heterocycles. The van der Waals surface area contributed by atoms with Gasteiger partial charge in [0, 0.05) is 6.42 Å². The van der Waals surface area contributed by atoms with Gasteiger partial charge in [-0.3, -0.25) is 0 Å². The summed E-state index contributed by atoms with van der Waals surface area (Å²) in [4.78, 5) is 0. The minimum Gasteiger partial charge on any atom is -0.393 e. The molecule has 3 fully saturated rings. The first kappa shape index (κ1) is 16.1. The second kappa shape index (κ2) is 5.31. The number of allylic oxidation sites excluding steroid dienone is 2. The van der Waals surface area contributed by atoms with Crippen molar-refractivity contribution in [2.45, 2.75) is 84.4 Å². The molecule has 23 heavy (non-hydrogen) atoms. The van der Waals surface area contributed by atoms with Gasteiger partial charge in [-0.15, -0.1) is 0 Å². The van der Waals surface area contributed by atoms with E-state index in [1.54, 1.807) is 0 Å². The fraction of sp³-hybridized carbons (Fsp3) is 0.905. The van der Waals surface area contributed by atoms with E-state index in [-0.39, 0.29) is 11.5 Å². The van der Waals surface area contributed by atoms with E-state index < -0.39 is 6.17 Å². The highest BCUT2D eigenvalue weighted by Gasteiger charge is 2.59. The highest BCUT2D eigenvalue weighted by Crippen LogP contribution is 2.66. The summed E-state index contributed by atoms with van der Waals surface area (Å²) in [6.45, 7) is 6.89. The van der Waals surface area contributed by atoms with Crippen molar-refractivity contribution < 1.29 is 9.50 Å². The Bertz CT molecular complexity index is 512. The monoisotopic (exact) mass is 320 g/mol. The Morgan fingerprint density at radius 2 is 1.91 bits per heavy atom. The first-order valence-corrected chi connectivity index (χ1v) is 9.88. The lowest BCUT2D eigenvalue weighted by Gasteiger charge is -2.58. The number of aliphatic hydroxyl groups excluding tert-OH is 1. The zero-order chi connectivity index (χ0) is 16.4. The van der Waals surface area contributed by atoms with E-state index in [9.17, 15) is 9.50 Å². The van der Waals surface area contributed by atoms with Crippen LogP contribution in [0.4, 0.5) is 4.39 Å². The molecule has 3 saturated carbocycles. The third-order valence-electron chi connectivity index (χ3n) is 8.70. The predicted molar refractivity (Wildman–Crippen MR) is 91.8 cm³/mol. The summed E-state index contributed by atoms with van der Waals surface area (Å²) >= 11 is 0. The predicted octanol–water partition coefficient (Wildman–Crippen LogP) is 5.28. The summed E-state index contributed by atoms with van der Waals surface area (Å²) in [7, 11) is 0. The quantitative estimate of drug-likeness (QED) is 0.651. The van der Waals surface area contributed by atoms with Gasteiger partial charge in [0.15, 0.2) is 0 Å². The highest BCUT2D eigenvalue weighted by atomic mass is 19.1. The lowest BCUT2D eigenvalue weighted by atomic mass is 9.47. The first-order valence-electron chi connectivity index (χ1n) is 9.88. The van der Waals surface area contributed by atoms with Gasteiger partial charge in [-0.25, -0.2) is 4.39 Å². The van der Waals surface area contributed by atoms with Gasteiger partial charge in [-0.1, -0.05) is 25.5 Å². The Hall–Kier alpha value is -0.370. The van der Waals surface area contributed by atoms with Crippen LogP contribution in [0.1, 0.15) is 72.1 Å². The maximum atomic E-state index is 13.9. The summed E-state index contributed by atoms with van der Waals surface area (Å²) in [5, 5.41) is 10.3. The van der Waals surface area contributed by atoms with Crippen LogP contribution in [0, 0.1) is 34.5 Å². The Morgan fingerprint density at radius 3 is 2.65 bits per heavy atom. The van der Waals surface area contributed by atoms with Gasteiger partial charge < -0.3 is 5.11 Å². The van der Waals surface area contributed by atoms with Gasteiger partial charge in [0.05, 0.1) is 6.10 Å². The van der Waals surface area contributed by atoms with Gasteiger partial charge >= 0.3 is 0 Å². The molecule has 0 radical (unpaired) electrons. The SMILES string of the molecule is CC(O)C1CCC2C3CC=C4CC(F)CCC4(C)C3CCC12C. The zero-order valence-corrected chi connectivity index (χ0v) is 15.0. The summed E-state index contributed by atoms with van der Waals surface area (Å²) in [6, 6.07) is 0. The largest absolute Gasteiger partial charge is 0.393 e. The molecule has 130 valence electrons. The highest BCUT2D eigenvalue weighted by molar-refractivity contribution is 5.25. The van der Waals surface area contributed by atoms with Crippen molar-refractivity contribution in [2.24, 2.45) is 34.5 Å². The number of alkyl halides is 1. The number of rotatable bonds is 1. The van der Waals surface area contributed by atoms with Gasteiger partial charge in [0.25, 0.3) is 0 Å². The van der Waals surface area contributed by atoms with Crippen molar-refractivity contribution in [2.75, 3.05) is 0 Å². The van der Waals surface area contributed by atoms with Gasteiger partial charge in [0.1, 0.15) is 6.17 Å². The molecule has 4 rings (SSSR count). The normalized spacial score (nSPS) is 53.8. The molecule has 2 heteroatoms. The van der Waals surface area contributed by atoms with Crippen molar-refractivity contribution >= 4 is 0 Å². The Balaban J connectivity index is 1.65. The number of aliphatic hydroxyl groups is 1. The van der Waals surface area contributed by atoms with E-state index >= 15 is 0 Å². The molecule has 8 atom stereocenters. The van der Waals surface area contributed by atoms with Crippen LogP contribution in [0.3, 0.4) is 0 Å². The molecular formula is C21H33FO. The van der Waals surface area contributed by atoms with Gasteiger partial charge in [-0.05, 0) is 86.4 Å². The molecule has 0 aromatic carbocycles. The van der Waals surface area contributed by atoms with E-state index in [4.69, 9.17) is 0 Å². The van der Waals surface area contributed by atoms with Crippen molar-refractivity contribution in [1.29, 1.82) is 0 Å². The van der Waals surface area contributed by atoms with Crippen LogP contribution in [0.25, 0.3) is 0 Å². The van der Waals surface area contributed by atoms with Gasteiger partial charge in [0.2, 0.25) is 0 Å². The lowest BCUT2D eigenvalue weighted by molar-refractivity contribution is -0.0648. The van der Waals surface area contributed by atoms with E-state index in [1.165, 1.54) is 31.3 Å². The topological polar surface area (TPSA) is 20.2 Å². The Morgan fingerprint density at radius 1 is 1.13 bits per heavy atom. The van der Waals surface area contributed by atoms with E-state index in [0.29, 0.717) is 17.8 Å². The summed E-state index contributed by atoms with van der Waals surface area (Å²) in [6.07, 6.45) is 10.3. The molecule has 0 bridgehead atoms. The fourth-order valence-electron chi connectivity index (χ4n) is 7.45. The first-order chi connectivity index (χ1) is 10.9. The molecule has 0 aromatic heterocycles. The van der Waals surface area contributed by atoms with E-state index in [0.717, 1.165) is 37.0 Å². The molecular weight excluding hydrogens is 287 g/mol. The Labute approximate surface area is 140 Å². The lowest BCUT2D eigenvalue weighted by Crippen LogP contribution is -2.51. The van der Waals surface area contributed by atoms with Crippen LogP contribution >= 0.6 is 0 Å². The second-order valence-electron chi connectivity index (χ2n) is 9.57. The van der Waals surface area contributed by atoms with Crippen LogP contribution in [0.15, 0.2) is 11.6 Å². The van der Waals surface area contributed by atoms with Crippen molar-refractivity contribution in [3.8, 4) is 0 Å². The van der Waals surface area contributed by atoms with E-state index in [1.807, 2.05) is 6.92 Å². The number of hydrogen-bond acceptors (Lipinski definition) is 1.